The molecule has 5 N–H and O–H groups in total. The Morgan fingerprint density at radius 1 is 1.33 bits per heavy atom. The van der Waals surface area contributed by atoms with Crippen LogP contribution < -0.4 is 21.0 Å². The predicted octanol–water partition coefficient (Wildman–Crippen LogP) is 0.366. The Hall–Kier alpha value is -3.33. The highest BCUT2D eigenvalue weighted by Gasteiger charge is 2.54. The van der Waals surface area contributed by atoms with Crippen LogP contribution >= 0.6 is 7.75 Å². The first-order valence-corrected chi connectivity index (χ1v) is 13.3. The number of rotatable bonds is 11. The first kappa shape index (κ1) is 30.2. The van der Waals surface area contributed by atoms with Gasteiger partial charge in [-0.15, -0.1) is 0 Å². The van der Waals surface area contributed by atoms with Crippen LogP contribution in [0.25, 0.3) is 0 Å². The van der Waals surface area contributed by atoms with E-state index < -0.39 is 62.1 Å². The predicted molar refractivity (Wildman–Crippen MR) is 135 cm³/mol. The van der Waals surface area contributed by atoms with Crippen LogP contribution in [0.2, 0.25) is 0 Å². The molecule has 0 spiro atoms. The summed E-state index contributed by atoms with van der Waals surface area (Å²) in [7, 11) is -3.36. The van der Waals surface area contributed by atoms with Crippen LogP contribution in [0.1, 0.15) is 37.4 Å². The van der Waals surface area contributed by atoms with E-state index in [0.717, 1.165) is 11.7 Å². The molecule has 15 nitrogen and oxygen atoms in total. The number of hydrogen-bond acceptors (Lipinski definition) is 13. The highest BCUT2D eigenvalue weighted by molar-refractivity contribution is 7.52. The summed E-state index contributed by atoms with van der Waals surface area (Å²) in [6.07, 6.45) is -3.14. The van der Waals surface area contributed by atoms with Gasteiger partial charge in [0.05, 0.1) is 20.3 Å². The molecule has 1 saturated heterocycles. The zero-order valence-corrected chi connectivity index (χ0v) is 22.6. The van der Waals surface area contributed by atoms with Gasteiger partial charge in [0.25, 0.3) is 0 Å². The van der Waals surface area contributed by atoms with E-state index in [1.807, 2.05) is 0 Å². The molecule has 1 aliphatic heterocycles. The van der Waals surface area contributed by atoms with E-state index in [9.17, 15) is 29.2 Å². The lowest BCUT2D eigenvalue weighted by atomic mass is 9.96. The van der Waals surface area contributed by atoms with E-state index >= 15 is 0 Å². The highest BCUT2D eigenvalue weighted by Crippen LogP contribution is 2.47. The molecule has 1 aromatic carbocycles. The van der Waals surface area contributed by atoms with Gasteiger partial charge in [-0.2, -0.15) is 10.1 Å². The summed E-state index contributed by atoms with van der Waals surface area (Å²) < 4.78 is 41.2. The fraction of sp³-hybridized carbons (Fsp3) is 0.478. The second-order valence-corrected chi connectivity index (χ2v) is 10.4. The first-order valence-electron chi connectivity index (χ1n) is 11.8. The van der Waals surface area contributed by atoms with Gasteiger partial charge in [-0.05, 0) is 39.0 Å². The topological polar surface area (TPSA) is 211 Å². The van der Waals surface area contributed by atoms with E-state index in [4.69, 9.17) is 29.0 Å². The molecule has 0 amide bonds. The molecule has 1 unspecified atom stereocenters. The quantitative estimate of drug-likeness (QED) is 0.212. The lowest BCUT2D eigenvalue weighted by Gasteiger charge is -2.27. The lowest BCUT2D eigenvalue weighted by molar-refractivity contribution is -0.144. The first-order chi connectivity index (χ1) is 18.3. The van der Waals surface area contributed by atoms with E-state index in [1.165, 1.54) is 50.4 Å². The molecule has 1 aliphatic rings. The minimum atomic E-state index is -4.51. The van der Waals surface area contributed by atoms with Gasteiger partial charge in [-0.3, -0.25) is 13.9 Å². The molecule has 39 heavy (non-hydrogen) atoms. The number of aliphatic hydroxyl groups excluding tert-OH is 1. The number of aromatic nitrogens is 2. The van der Waals surface area contributed by atoms with Crippen LogP contribution in [0.15, 0.2) is 41.3 Å². The fourth-order valence-corrected chi connectivity index (χ4v) is 5.28. The van der Waals surface area contributed by atoms with Crippen LogP contribution in [-0.4, -0.2) is 75.9 Å². The molecule has 2 aromatic rings. The van der Waals surface area contributed by atoms with Crippen molar-refractivity contribution >= 4 is 25.5 Å². The molecule has 6 atom stereocenters. The average molecular weight is 570 g/mol. The van der Waals surface area contributed by atoms with Crippen LogP contribution in [0, 0.1) is 0 Å². The molecule has 1 fully saturated rings. The number of hydrogen-bond donors (Lipinski definition) is 4. The summed E-state index contributed by atoms with van der Waals surface area (Å²) in [5.74, 6) is -1.79. The molecule has 2 heterocycles. The van der Waals surface area contributed by atoms with Gasteiger partial charge in [0.15, 0.2) is 6.23 Å². The Bertz CT molecular complexity index is 1300. The number of aliphatic hydroxyl groups is 2. The van der Waals surface area contributed by atoms with E-state index in [1.54, 1.807) is 6.92 Å². The molecule has 0 aliphatic carbocycles. The molecular weight excluding hydrogens is 539 g/mol. The zero-order chi connectivity index (χ0) is 29.0. The fourth-order valence-electron chi connectivity index (χ4n) is 3.76. The number of carbonyl (C=O) groups is 2. The number of nitrogens with two attached hydrogens (primary N) is 1. The van der Waals surface area contributed by atoms with Crippen molar-refractivity contribution in [1.29, 1.82) is 0 Å². The molecule has 1 aromatic heterocycles. The number of benzene rings is 1. The Balaban J connectivity index is 1.87. The third-order valence-electron chi connectivity index (χ3n) is 5.77. The maximum atomic E-state index is 13.8. The molecule has 214 valence electrons. The molecular formula is C23H31N4O11P. The summed E-state index contributed by atoms with van der Waals surface area (Å²) >= 11 is 0. The summed E-state index contributed by atoms with van der Waals surface area (Å²) in [5, 5.41) is 24.1. The third kappa shape index (κ3) is 6.82. The second kappa shape index (κ2) is 12.2. The molecule has 16 heteroatoms. The molecule has 3 rings (SSSR count). The number of nitrogens with one attached hydrogen (secondary N) is 1. The highest BCUT2D eigenvalue weighted by atomic mass is 31.2. The number of nitrogens with zero attached hydrogens (tertiary/aromatic N) is 2. The SMILES string of the molecule is CCOC(=O)[C@H](C)NP(=O)(OC[C@H]1O[C@@H](n2ccc(N)nc2=O)[C@](C)(O)[C@@H]1O)Oc1ccccc1C(=O)OC. The van der Waals surface area contributed by atoms with Gasteiger partial charge < -0.3 is 34.7 Å². The smallest absolute Gasteiger partial charge is 0.459 e. The van der Waals surface area contributed by atoms with Gasteiger partial charge in [0.1, 0.15) is 41.0 Å². The summed E-state index contributed by atoms with van der Waals surface area (Å²) in [5.41, 5.74) is 2.58. The van der Waals surface area contributed by atoms with Crippen molar-refractivity contribution < 1.29 is 47.6 Å². The number of esters is 2. The molecule has 0 radical (unpaired) electrons. The summed E-state index contributed by atoms with van der Waals surface area (Å²) in [4.78, 5) is 40.3. The van der Waals surface area contributed by atoms with Crippen molar-refractivity contribution in [1.82, 2.24) is 14.6 Å². The van der Waals surface area contributed by atoms with Crippen molar-refractivity contribution in [2.45, 2.75) is 50.8 Å². The van der Waals surface area contributed by atoms with Gasteiger partial charge >= 0.3 is 25.4 Å². The largest absolute Gasteiger partial charge is 0.465 e. The molecule has 0 saturated carbocycles. The number of ether oxygens (including phenoxy) is 3. The van der Waals surface area contributed by atoms with Crippen molar-refractivity contribution in [3.05, 3.63) is 52.6 Å². The van der Waals surface area contributed by atoms with Crippen LogP contribution in [0.5, 0.6) is 5.75 Å². The molecule has 0 bridgehead atoms. The van der Waals surface area contributed by atoms with Gasteiger partial charge in [-0.25, -0.2) is 14.2 Å². The lowest BCUT2D eigenvalue weighted by Crippen LogP contribution is -2.46. The Morgan fingerprint density at radius 3 is 2.67 bits per heavy atom. The average Bonchev–Trinajstić information content (AvgIpc) is 3.11. The van der Waals surface area contributed by atoms with Crippen molar-refractivity contribution in [3.8, 4) is 5.75 Å². The van der Waals surface area contributed by atoms with Crippen molar-refractivity contribution in [3.63, 3.8) is 0 Å². The third-order valence-corrected chi connectivity index (χ3v) is 7.40. The Kier molecular flexibility index (Phi) is 9.48. The second-order valence-electron chi connectivity index (χ2n) is 8.71. The van der Waals surface area contributed by atoms with Crippen molar-refractivity contribution in [2.75, 3.05) is 26.1 Å². The maximum Gasteiger partial charge on any atom is 0.459 e. The number of carbonyl (C=O) groups excluding carboxylic acids is 2. The summed E-state index contributed by atoms with van der Waals surface area (Å²) in [6, 6.07) is 5.85. The van der Waals surface area contributed by atoms with E-state index in [-0.39, 0.29) is 23.7 Å². The van der Waals surface area contributed by atoms with Gasteiger partial charge in [0, 0.05) is 6.20 Å². The van der Waals surface area contributed by atoms with Crippen LogP contribution in [0.3, 0.4) is 0 Å². The normalized spacial score (nSPS) is 24.9. The van der Waals surface area contributed by atoms with E-state index in [2.05, 4.69) is 10.1 Å². The van der Waals surface area contributed by atoms with Crippen molar-refractivity contribution in [2.24, 2.45) is 0 Å². The monoisotopic (exact) mass is 570 g/mol. The maximum absolute atomic E-state index is 13.8. The van der Waals surface area contributed by atoms with Gasteiger partial charge in [0.2, 0.25) is 0 Å². The Morgan fingerprint density at radius 2 is 2.03 bits per heavy atom. The van der Waals surface area contributed by atoms with Crippen LogP contribution in [0.4, 0.5) is 5.82 Å². The minimum Gasteiger partial charge on any atom is -0.465 e. The Labute approximate surface area is 223 Å². The van der Waals surface area contributed by atoms with Crippen LogP contribution in [-0.2, 0) is 28.1 Å². The number of methoxy groups -OCH3 is 1. The van der Waals surface area contributed by atoms with E-state index in [0.29, 0.717) is 0 Å². The van der Waals surface area contributed by atoms with Gasteiger partial charge in [-0.1, -0.05) is 12.1 Å². The summed E-state index contributed by atoms with van der Waals surface area (Å²) in [6.45, 7) is 3.58. The standard InChI is InChI=1S/C23H31N4O11P/c1-5-35-19(29)13(2)26-39(33,38-15-9-7-6-8-14(15)20(30)34-4)36-12-16-18(28)23(3,32)21(37-16)27-11-10-17(24)25-22(27)31/h6-11,13,16,18,21,28,32H,5,12H2,1-4H3,(H,26,33)(H2,24,25,31)/t13-,16+,18+,21+,23+,39?/m0/s1. The minimum absolute atomic E-state index is 0.0542. The number of para-hydroxylation sites is 1. The number of anilines is 1. The number of nitrogen functional groups attached to an aromatic ring is 1. The zero-order valence-electron chi connectivity index (χ0n) is 21.7.